The van der Waals surface area contributed by atoms with E-state index < -0.39 is 5.60 Å². The van der Waals surface area contributed by atoms with E-state index in [9.17, 15) is 5.11 Å². The number of aromatic nitrogens is 2. The molecule has 3 nitrogen and oxygen atoms in total. The zero-order chi connectivity index (χ0) is 12.3. The van der Waals surface area contributed by atoms with Crippen molar-refractivity contribution < 1.29 is 5.11 Å². The van der Waals surface area contributed by atoms with Crippen molar-refractivity contribution >= 4 is 0 Å². The van der Waals surface area contributed by atoms with E-state index in [0.717, 1.165) is 24.2 Å². The summed E-state index contributed by atoms with van der Waals surface area (Å²) in [6.45, 7) is 8.22. The van der Waals surface area contributed by atoms with Crippen LogP contribution in [-0.4, -0.2) is 20.5 Å². The maximum absolute atomic E-state index is 10.4. The van der Waals surface area contributed by atoms with Gasteiger partial charge in [-0.25, -0.2) is 0 Å². The van der Waals surface area contributed by atoms with Crippen LogP contribution in [-0.2, 0) is 19.9 Å². The first kappa shape index (κ1) is 13.2. The third-order valence-electron chi connectivity index (χ3n) is 3.60. The molecule has 0 saturated carbocycles. The summed E-state index contributed by atoms with van der Waals surface area (Å²) in [7, 11) is 1.95. The molecule has 0 aliphatic carbocycles. The molecule has 0 spiro atoms. The predicted molar refractivity (Wildman–Crippen MR) is 66.4 cm³/mol. The average Bonchev–Trinajstić information content (AvgIpc) is 2.57. The molecule has 0 radical (unpaired) electrons. The van der Waals surface area contributed by atoms with Gasteiger partial charge in [0.2, 0.25) is 0 Å². The Labute approximate surface area is 98.5 Å². The van der Waals surface area contributed by atoms with Crippen molar-refractivity contribution in [3.63, 3.8) is 0 Å². The van der Waals surface area contributed by atoms with Gasteiger partial charge in [0.05, 0.1) is 11.3 Å². The van der Waals surface area contributed by atoms with Crippen LogP contribution in [0.5, 0.6) is 0 Å². The second-order valence-electron chi connectivity index (χ2n) is 4.95. The minimum absolute atomic E-state index is 0.299. The van der Waals surface area contributed by atoms with Gasteiger partial charge in [-0.2, -0.15) is 5.10 Å². The van der Waals surface area contributed by atoms with Crippen molar-refractivity contribution in [2.75, 3.05) is 0 Å². The summed E-state index contributed by atoms with van der Waals surface area (Å²) in [6.07, 6.45) is 2.61. The van der Waals surface area contributed by atoms with E-state index in [2.05, 4.69) is 31.9 Å². The van der Waals surface area contributed by atoms with E-state index in [1.807, 2.05) is 18.7 Å². The highest BCUT2D eigenvalue weighted by atomic mass is 16.3. The Morgan fingerprint density at radius 2 is 2.12 bits per heavy atom. The number of rotatable bonds is 5. The third kappa shape index (κ3) is 2.85. The summed E-state index contributed by atoms with van der Waals surface area (Å²) >= 11 is 0. The van der Waals surface area contributed by atoms with Gasteiger partial charge < -0.3 is 5.11 Å². The van der Waals surface area contributed by atoms with E-state index in [4.69, 9.17) is 0 Å². The second-order valence-corrected chi connectivity index (χ2v) is 4.95. The molecule has 1 aromatic heterocycles. The van der Waals surface area contributed by atoms with E-state index >= 15 is 0 Å². The Hall–Kier alpha value is -0.830. The number of aliphatic hydroxyl groups is 1. The van der Waals surface area contributed by atoms with E-state index in [0.29, 0.717) is 12.3 Å². The van der Waals surface area contributed by atoms with Crippen molar-refractivity contribution in [1.29, 1.82) is 0 Å². The fourth-order valence-corrected chi connectivity index (χ4v) is 1.89. The number of hydrogen-bond donors (Lipinski definition) is 1. The first-order valence-electron chi connectivity index (χ1n) is 6.14. The highest BCUT2D eigenvalue weighted by Crippen LogP contribution is 2.24. The topological polar surface area (TPSA) is 38.0 Å². The first-order chi connectivity index (χ1) is 7.40. The molecule has 0 saturated heterocycles. The molecule has 2 unspecified atom stereocenters. The van der Waals surface area contributed by atoms with Crippen LogP contribution in [0.3, 0.4) is 0 Å². The summed E-state index contributed by atoms with van der Waals surface area (Å²) in [4.78, 5) is 0. The molecule has 0 aliphatic heterocycles. The summed E-state index contributed by atoms with van der Waals surface area (Å²) in [5.41, 5.74) is 1.56. The van der Waals surface area contributed by atoms with Crippen LogP contribution in [0.25, 0.3) is 0 Å². The van der Waals surface area contributed by atoms with Gasteiger partial charge in [0, 0.05) is 19.2 Å². The lowest BCUT2D eigenvalue weighted by Crippen LogP contribution is -2.35. The van der Waals surface area contributed by atoms with Gasteiger partial charge in [-0.05, 0) is 25.3 Å². The van der Waals surface area contributed by atoms with E-state index in [1.165, 1.54) is 0 Å². The maximum atomic E-state index is 10.4. The Morgan fingerprint density at radius 3 is 2.56 bits per heavy atom. The van der Waals surface area contributed by atoms with Crippen molar-refractivity contribution in [3.05, 3.63) is 17.5 Å². The maximum Gasteiger partial charge on any atom is 0.0700 e. The normalized spacial score (nSPS) is 17.1. The summed E-state index contributed by atoms with van der Waals surface area (Å²) in [5, 5.41) is 14.8. The quantitative estimate of drug-likeness (QED) is 0.833. The molecule has 16 heavy (non-hydrogen) atoms. The smallest absolute Gasteiger partial charge is 0.0700 e. The van der Waals surface area contributed by atoms with Gasteiger partial charge in [-0.15, -0.1) is 0 Å². The standard InChI is InChI=1S/C13H24N2O/c1-6-10(3)13(4,16)9-12-8-11(7-2)14-15(12)5/h8,10,16H,6-7,9H2,1-5H3. The Morgan fingerprint density at radius 1 is 1.50 bits per heavy atom. The number of nitrogens with zero attached hydrogens (tertiary/aromatic N) is 2. The molecule has 0 amide bonds. The van der Waals surface area contributed by atoms with Gasteiger partial charge in [0.15, 0.2) is 0 Å². The van der Waals surface area contributed by atoms with Crippen molar-refractivity contribution in [1.82, 2.24) is 9.78 Å². The van der Waals surface area contributed by atoms with Gasteiger partial charge >= 0.3 is 0 Å². The Bertz CT molecular complexity index is 342. The fourth-order valence-electron chi connectivity index (χ4n) is 1.89. The molecule has 3 heteroatoms. The lowest BCUT2D eigenvalue weighted by molar-refractivity contribution is 0.00359. The third-order valence-corrected chi connectivity index (χ3v) is 3.60. The van der Waals surface area contributed by atoms with Crippen LogP contribution < -0.4 is 0 Å². The zero-order valence-electron chi connectivity index (χ0n) is 11.1. The molecular formula is C13H24N2O. The molecule has 0 aromatic carbocycles. The summed E-state index contributed by atoms with van der Waals surface area (Å²) < 4.78 is 1.88. The molecule has 0 fully saturated rings. The van der Waals surface area contributed by atoms with Gasteiger partial charge in [-0.3, -0.25) is 4.68 Å². The Balaban J connectivity index is 2.82. The lowest BCUT2D eigenvalue weighted by Gasteiger charge is -2.29. The van der Waals surface area contributed by atoms with Crippen LogP contribution in [0.15, 0.2) is 6.07 Å². The van der Waals surface area contributed by atoms with Crippen LogP contribution in [0.4, 0.5) is 0 Å². The van der Waals surface area contributed by atoms with Crippen molar-refractivity contribution in [3.8, 4) is 0 Å². The molecule has 1 N–H and O–H groups in total. The molecule has 0 aliphatic rings. The Kier molecular flexibility index (Phi) is 4.14. The average molecular weight is 224 g/mol. The lowest BCUT2D eigenvalue weighted by atomic mass is 9.85. The minimum atomic E-state index is -0.645. The molecule has 1 rings (SSSR count). The van der Waals surface area contributed by atoms with Crippen molar-refractivity contribution in [2.24, 2.45) is 13.0 Å². The molecule has 1 heterocycles. The van der Waals surface area contributed by atoms with Crippen LogP contribution in [0.1, 0.15) is 45.5 Å². The molecule has 2 atom stereocenters. The van der Waals surface area contributed by atoms with E-state index in [-0.39, 0.29) is 0 Å². The molecule has 92 valence electrons. The number of hydrogen-bond acceptors (Lipinski definition) is 2. The van der Waals surface area contributed by atoms with Crippen molar-refractivity contribution in [2.45, 2.75) is 52.6 Å². The summed E-state index contributed by atoms with van der Waals surface area (Å²) in [6, 6.07) is 2.09. The largest absolute Gasteiger partial charge is 0.389 e. The zero-order valence-corrected chi connectivity index (χ0v) is 11.1. The molecule has 0 bridgehead atoms. The van der Waals surface area contributed by atoms with Gasteiger partial charge in [0.1, 0.15) is 0 Å². The predicted octanol–water partition coefficient (Wildman–Crippen LogP) is 2.32. The highest BCUT2D eigenvalue weighted by molar-refractivity contribution is 5.12. The highest BCUT2D eigenvalue weighted by Gasteiger charge is 2.28. The van der Waals surface area contributed by atoms with Gasteiger partial charge in [0.25, 0.3) is 0 Å². The SMILES string of the molecule is CCc1cc(CC(C)(O)C(C)CC)n(C)n1. The van der Waals surface area contributed by atoms with Crippen LogP contribution in [0, 0.1) is 5.92 Å². The monoisotopic (exact) mass is 224 g/mol. The molecular weight excluding hydrogens is 200 g/mol. The van der Waals surface area contributed by atoms with Gasteiger partial charge in [-0.1, -0.05) is 27.2 Å². The van der Waals surface area contributed by atoms with Crippen LogP contribution >= 0.6 is 0 Å². The first-order valence-corrected chi connectivity index (χ1v) is 6.14. The minimum Gasteiger partial charge on any atom is -0.389 e. The second kappa shape index (κ2) is 5.00. The summed E-state index contributed by atoms with van der Waals surface area (Å²) in [5.74, 6) is 0.299. The molecule has 1 aromatic rings. The van der Waals surface area contributed by atoms with Crippen LogP contribution in [0.2, 0.25) is 0 Å². The van der Waals surface area contributed by atoms with E-state index in [1.54, 1.807) is 0 Å². The number of aryl methyl sites for hydroxylation is 2. The fraction of sp³-hybridized carbons (Fsp3) is 0.769.